The highest BCUT2D eigenvalue weighted by molar-refractivity contribution is 7.89. The summed E-state index contributed by atoms with van der Waals surface area (Å²) in [7, 11) is -1.93. The molecule has 0 saturated carbocycles. The van der Waals surface area contributed by atoms with Crippen molar-refractivity contribution >= 4 is 16.0 Å². The van der Waals surface area contributed by atoms with E-state index in [-0.39, 0.29) is 4.90 Å². The molecule has 0 radical (unpaired) electrons. The summed E-state index contributed by atoms with van der Waals surface area (Å²) in [4.78, 5) is 9.16. The van der Waals surface area contributed by atoms with Crippen LogP contribution < -0.4 is 10.5 Å². The van der Waals surface area contributed by atoms with Crippen molar-refractivity contribution in [1.29, 1.82) is 0 Å². The third kappa shape index (κ3) is 5.54. The average molecular weight is 402 g/mol. The van der Waals surface area contributed by atoms with E-state index in [1.54, 1.807) is 19.2 Å². The number of benzene rings is 2. The molecule has 150 valence electrons. The summed E-state index contributed by atoms with van der Waals surface area (Å²) in [6.45, 7) is 5.17. The molecule has 1 aliphatic heterocycles. The summed E-state index contributed by atoms with van der Waals surface area (Å²) in [6.07, 6.45) is 0. The second-order valence-electron chi connectivity index (χ2n) is 6.84. The molecule has 0 atom stereocenters. The smallest absolute Gasteiger partial charge is 0.238 e. The highest BCUT2D eigenvalue weighted by atomic mass is 32.2. The van der Waals surface area contributed by atoms with E-state index in [0.29, 0.717) is 6.54 Å². The van der Waals surface area contributed by atoms with Crippen molar-refractivity contribution in [3.8, 4) is 0 Å². The molecule has 3 rings (SSSR count). The Bertz CT molecular complexity index is 907. The van der Waals surface area contributed by atoms with Crippen LogP contribution in [-0.2, 0) is 23.1 Å². The molecule has 0 spiro atoms. The molecule has 1 saturated heterocycles. The van der Waals surface area contributed by atoms with Crippen LogP contribution in [0.1, 0.15) is 11.1 Å². The number of nitrogens with two attached hydrogens (primary N) is 1. The Morgan fingerprint density at radius 3 is 2.36 bits per heavy atom. The summed E-state index contributed by atoms with van der Waals surface area (Å²) >= 11 is 0. The molecule has 0 bridgehead atoms. The number of primary sulfonamides is 1. The van der Waals surface area contributed by atoms with E-state index < -0.39 is 10.0 Å². The van der Waals surface area contributed by atoms with Crippen LogP contribution in [0, 0.1) is 0 Å². The summed E-state index contributed by atoms with van der Waals surface area (Å²) in [6, 6.07) is 17.1. The lowest BCUT2D eigenvalue weighted by Gasteiger charge is -2.36. The zero-order valence-electron chi connectivity index (χ0n) is 16.1. The first kappa shape index (κ1) is 20.3. The SMILES string of the molecule is CN=C(NCc1cccc(S(N)(=O)=O)c1)N1CCN(Cc2ccccc2)CC1. The number of rotatable bonds is 5. The lowest BCUT2D eigenvalue weighted by atomic mass is 10.2. The van der Waals surface area contributed by atoms with Gasteiger partial charge < -0.3 is 10.2 Å². The lowest BCUT2D eigenvalue weighted by molar-refractivity contribution is 0.172. The van der Waals surface area contributed by atoms with E-state index in [2.05, 4.69) is 44.4 Å². The average Bonchev–Trinajstić information content (AvgIpc) is 2.70. The first-order valence-electron chi connectivity index (χ1n) is 9.29. The van der Waals surface area contributed by atoms with Gasteiger partial charge in [0.2, 0.25) is 10.0 Å². The van der Waals surface area contributed by atoms with Gasteiger partial charge in [0.15, 0.2) is 5.96 Å². The van der Waals surface area contributed by atoms with Gasteiger partial charge in [-0.15, -0.1) is 0 Å². The summed E-state index contributed by atoms with van der Waals surface area (Å²) < 4.78 is 23.0. The Morgan fingerprint density at radius 1 is 1.04 bits per heavy atom. The minimum absolute atomic E-state index is 0.122. The van der Waals surface area contributed by atoms with Gasteiger partial charge >= 0.3 is 0 Å². The molecule has 0 aliphatic carbocycles. The maximum Gasteiger partial charge on any atom is 0.238 e. The van der Waals surface area contributed by atoms with Crippen molar-refractivity contribution in [1.82, 2.24) is 15.1 Å². The molecule has 7 nitrogen and oxygen atoms in total. The molecule has 1 fully saturated rings. The van der Waals surface area contributed by atoms with Crippen LogP contribution >= 0.6 is 0 Å². The molecule has 28 heavy (non-hydrogen) atoms. The zero-order valence-corrected chi connectivity index (χ0v) is 16.9. The fraction of sp³-hybridized carbons (Fsp3) is 0.350. The highest BCUT2D eigenvalue weighted by Gasteiger charge is 2.19. The van der Waals surface area contributed by atoms with Crippen LogP contribution in [0.2, 0.25) is 0 Å². The predicted molar refractivity (Wildman–Crippen MR) is 111 cm³/mol. The molecular formula is C20H27N5O2S. The number of hydrogen-bond donors (Lipinski definition) is 2. The Labute approximate surface area is 166 Å². The predicted octanol–water partition coefficient (Wildman–Crippen LogP) is 1.23. The van der Waals surface area contributed by atoms with Gasteiger partial charge in [0.1, 0.15) is 0 Å². The van der Waals surface area contributed by atoms with Crippen LogP contribution in [0.15, 0.2) is 64.5 Å². The van der Waals surface area contributed by atoms with Gasteiger partial charge in [-0.25, -0.2) is 13.6 Å². The Morgan fingerprint density at radius 2 is 1.71 bits per heavy atom. The van der Waals surface area contributed by atoms with E-state index in [9.17, 15) is 8.42 Å². The quantitative estimate of drug-likeness (QED) is 0.581. The number of guanidine groups is 1. The van der Waals surface area contributed by atoms with Gasteiger partial charge in [0.25, 0.3) is 0 Å². The van der Waals surface area contributed by atoms with Crippen LogP contribution in [0.3, 0.4) is 0 Å². The maximum atomic E-state index is 11.5. The van der Waals surface area contributed by atoms with E-state index in [1.165, 1.54) is 11.6 Å². The van der Waals surface area contributed by atoms with Gasteiger partial charge in [-0.1, -0.05) is 42.5 Å². The third-order valence-corrected chi connectivity index (χ3v) is 5.72. The Kier molecular flexibility index (Phi) is 6.66. The molecule has 1 aliphatic rings. The topological polar surface area (TPSA) is 91.0 Å². The van der Waals surface area contributed by atoms with Crippen molar-refractivity contribution in [2.45, 2.75) is 18.0 Å². The first-order valence-corrected chi connectivity index (χ1v) is 10.8. The van der Waals surface area contributed by atoms with E-state index in [1.807, 2.05) is 12.1 Å². The fourth-order valence-corrected chi connectivity index (χ4v) is 3.89. The molecule has 8 heteroatoms. The maximum absolute atomic E-state index is 11.5. The highest BCUT2D eigenvalue weighted by Crippen LogP contribution is 2.11. The Balaban J connectivity index is 1.53. The molecule has 0 amide bonds. The lowest BCUT2D eigenvalue weighted by Crippen LogP contribution is -2.52. The normalized spacial score (nSPS) is 16.2. The molecule has 3 N–H and O–H groups in total. The third-order valence-electron chi connectivity index (χ3n) is 4.81. The van der Waals surface area contributed by atoms with Gasteiger partial charge in [0.05, 0.1) is 4.90 Å². The second kappa shape index (κ2) is 9.18. The minimum Gasteiger partial charge on any atom is -0.352 e. The van der Waals surface area contributed by atoms with Crippen molar-refractivity contribution < 1.29 is 8.42 Å². The van der Waals surface area contributed by atoms with E-state index in [0.717, 1.165) is 44.2 Å². The molecule has 2 aromatic rings. The van der Waals surface area contributed by atoms with Gasteiger partial charge in [0, 0.05) is 46.3 Å². The van der Waals surface area contributed by atoms with Crippen molar-refractivity contribution in [3.63, 3.8) is 0 Å². The van der Waals surface area contributed by atoms with E-state index >= 15 is 0 Å². The Hall–Kier alpha value is -2.42. The largest absolute Gasteiger partial charge is 0.352 e. The fourth-order valence-electron chi connectivity index (χ4n) is 3.31. The van der Waals surface area contributed by atoms with Gasteiger partial charge in [-0.2, -0.15) is 0 Å². The number of piperazine rings is 1. The van der Waals surface area contributed by atoms with Crippen LogP contribution in [0.4, 0.5) is 0 Å². The number of nitrogens with zero attached hydrogens (tertiary/aromatic N) is 3. The zero-order chi connectivity index (χ0) is 20.0. The summed E-state index contributed by atoms with van der Waals surface area (Å²) in [5, 5.41) is 8.53. The summed E-state index contributed by atoms with van der Waals surface area (Å²) in [5.41, 5.74) is 2.17. The number of hydrogen-bond acceptors (Lipinski definition) is 4. The second-order valence-corrected chi connectivity index (χ2v) is 8.40. The van der Waals surface area contributed by atoms with Crippen LogP contribution in [0.25, 0.3) is 0 Å². The molecule has 2 aromatic carbocycles. The first-order chi connectivity index (χ1) is 13.5. The van der Waals surface area contributed by atoms with Gasteiger partial charge in [-0.3, -0.25) is 9.89 Å². The van der Waals surface area contributed by atoms with Crippen molar-refractivity contribution in [3.05, 3.63) is 65.7 Å². The standard InChI is InChI=1S/C20H27N5O2S/c1-22-20(23-15-18-8-5-9-19(14-18)28(21,26)27)25-12-10-24(11-13-25)16-17-6-3-2-4-7-17/h2-9,14H,10-13,15-16H2,1H3,(H,22,23)(H2,21,26,27). The molecular weight excluding hydrogens is 374 g/mol. The molecule has 0 unspecified atom stereocenters. The van der Waals surface area contributed by atoms with Crippen LogP contribution in [-0.4, -0.2) is 57.4 Å². The summed E-state index contributed by atoms with van der Waals surface area (Å²) in [5.74, 6) is 0.820. The monoisotopic (exact) mass is 401 g/mol. The number of aliphatic imine (C=N–C) groups is 1. The molecule has 1 heterocycles. The van der Waals surface area contributed by atoms with Crippen LogP contribution in [0.5, 0.6) is 0 Å². The minimum atomic E-state index is -3.70. The number of nitrogens with one attached hydrogen (secondary N) is 1. The van der Waals surface area contributed by atoms with Crippen molar-refractivity contribution in [2.75, 3.05) is 33.2 Å². The van der Waals surface area contributed by atoms with Crippen molar-refractivity contribution in [2.24, 2.45) is 10.1 Å². The number of sulfonamides is 1. The van der Waals surface area contributed by atoms with Gasteiger partial charge in [-0.05, 0) is 23.3 Å². The molecule has 0 aromatic heterocycles. The van der Waals surface area contributed by atoms with E-state index in [4.69, 9.17) is 5.14 Å².